The number of ether oxygens (including phenoxy) is 4. The highest BCUT2D eigenvalue weighted by molar-refractivity contribution is 7.07. The normalized spacial score (nSPS) is 14.5. The molecule has 0 fully saturated rings. The van der Waals surface area contributed by atoms with E-state index in [2.05, 4.69) is 6.92 Å². The minimum atomic E-state index is -0.726. The predicted molar refractivity (Wildman–Crippen MR) is 171 cm³/mol. The molecular formula is C35H36N2O6S. The lowest BCUT2D eigenvalue weighted by Gasteiger charge is -2.25. The molecule has 0 radical (unpaired) electrons. The molecule has 0 amide bonds. The highest BCUT2D eigenvalue weighted by atomic mass is 32.1. The molecule has 1 aliphatic heterocycles. The third kappa shape index (κ3) is 6.78. The number of methoxy groups -OCH3 is 2. The standard InChI is InChI=1S/C35H36N2O6S/c1-5-6-10-19-42-27-16-14-26(15-17-27)32-31(34(39)43-22-24-11-8-7-9-12-24)23(2)36-35-37(32)33(38)30(44-35)21-25-13-18-28(40-3)29(20-25)41-4/h7-9,11-18,20-21,32H,5-6,10,19,22H2,1-4H3/b30-21-. The van der Waals surface area contributed by atoms with Gasteiger partial charge in [0.05, 0.1) is 42.7 Å². The molecular weight excluding hydrogens is 576 g/mol. The number of hydrogen-bond acceptors (Lipinski definition) is 8. The summed E-state index contributed by atoms with van der Waals surface area (Å²) in [4.78, 5) is 32.9. The minimum absolute atomic E-state index is 0.109. The topological polar surface area (TPSA) is 88.4 Å². The molecule has 4 aromatic rings. The molecule has 44 heavy (non-hydrogen) atoms. The predicted octanol–water partition coefficient (Wildman–Crippen LogP) is 5.56. The number of thiazole rings is 1. The molecule has 8 nitrogen and oxygen atoms in total. The van der Waals surface area contributed by atoms with Crippen LogP contribution in [0.2, 0.25) is 0 Å². The van der Waals surface area contributed by atoms with E-state index < -0.39 is 12.0 Å². The van der Waals surface area contributed by atoms with Crippen LogP contribution in [-0.4, -0.2) is 31.4 Å². The molecule has 0 saturated heterocycles. The molecule has 2 heterocycles. The van der Waals surface area contributed by atoms with Crippen LogP contribution in [0.3, 0.4) is 0 Å². The van der Waals surface area contributed by atoms with Gasteiger partial charge in [0.1, 0.15) is 12.4 Å². The van der Waals surface area contributed by atoms with E-state index in [1.54, 1.807) is 37.9 Å². The summed E-state index contributed by atoms with van der Waals surface area (Å²) in [5, 5.41) is 0. The van der Waals surface area contributed by atoms with E-state index in [4.69, 9.17) is 23.9 Å². The van der Waals surface area contributed by atoms with Crippen molar-refractivity contribution in [2.24, 2.45) is 4.99 Å². The zero-order valence-corrected chi connectivity index (χ0v) is 26.2. The Kier molecular flexibility index (Phi) is 9.96. The van der Waals surface area contributed by atoms with Crippen LogP contribution in [-0.2, 0) is 16.1 Å². The van der Waals surface area contributed by atoms with Crippen LogP contribution in [0.4, 0.5) is 0 Å². The summed E-state index contributed by atoms with van der Waals surface area (Å²) in [7, 11) is 3.14. The van der Waals surface area contributed by atoms with Crippen LogP contribution in [0, 0.1) is 0 Å². The zero-order valence-electron chi connectivity index (χ0n) is 25.4. The SMILES string of the molecule is CCCCCOc1ccc(C2C(C(=O)OCc3ccccc3)=C(C)N=c3s/c(=C\c4ccc(OC)c(OC)c4)c(=O)n32)cc1. The Balaban J connectivity index is 1.55. The van der Waals surface area contributed by atoms with Crippen molar-refractivity contribution in [1.82, 2.24) is 4.57 Å². The number of esters is 1. The van der Waals surface area contributed by atoms with Crippen LogP contribution in [0.5, 0.6) is 17.2 Å². The Bertz CT molecular complexity index is 1820. The molecule has 0 N–H and O–H groups in total. The Morgan fingerprint density at radius 1 is 0.977 bits per heavy atom. The number of benzene rings is 3. The number of allylic oxidation sites excluding steroid dienone is 1. The average molecular weight is 613 g/mol. The maximum atomic E-state index is 14.0. The van der Waals surface area contributed by atoms with Crippen molar-refractivity contribution in [3.05, 3.63) is 120 Å². The molecule has 3 aromatic carbocycles. The van der Waals surface area contributed by atoms with Crippen LogP contribution in [0.25, 0.3) is 6.08 Å². The van der Waals surface area contributed by atoms with E-state index in [0.717, 1.165) is 41.7 Å². The number of carbonyl (C=O) groups excluding carboxylic acids is 1. The van der Waals surface area contributed by atoms with Crippen molar-refractivity contribution in [3.63, 3.8) is 0 Å². The smallest absolute Gasteiger partial charge is 0.338 e. The number of carbonyl (C=O) groups is 1. The quantitative estimate of drug-likeness (QED) is 0.154. The van der Waals surface area contributed by atoms with E-state index in [-0.39, 0.29) is 12.2 Å². The van der Waals surface area contributed by atoms with Gasteiger partial charge in [-0.3, -0.25) is 9.36 Å². The number of aromatic nitrogens is 1. The number of fused-ring (bicyclic) bond motifs is 1. The van der Waals surface area contributed by atoms with Crippen molar-refractivity contribution in [3.8, 4) is 17.2 Å². The van der Waals surface area contributed by atoms with Gasteiger partial charge in [0.25, 0.3) is 5.56 Å². The molecule has 1 aliphatic rings. The number of unbranched alkanes of at least 4 members (excludes halogenated alkanes) is 2. The lowest BCUT2D eigenvalue weighted by Crippen LogP contribution is -2.39. The molecule has 0 saturated carbocycles. The molecule has 0 bridgehead atoms. The van der Waals surface area contributed by atoms with Crippen LogP contribution in [0.1, 0.15) is 55.8 Å². The summed E-state index contributed by atoms with van der Waals surface area (Å²) in [6.07, 6.45) is 5.00. The van der Waals surface area contributed by atoms with Gasteiger partial charge in [-0.05, 0) is 60.4 Å². The second-order valence-electron chi connectivity index (χ2n) is 10.4. The fraction of sp³-hybridized carbons (Fsp3) is 0.286. The highest BCUT2D eigenvalue weighted by Gasteiger charge is 2.33. The molecule has 9 heteroatoms. The fourth-order valence-electron chi connectivity index (χ4n) is 5.08. The van der Waals surface area contributed by atoms with Crippen LogP contribution < -0.4 is 29.1 Å². The minimum Gasteiger partial charge on any atom is -0.494 e. The summed E-state index contributed by atoms with van der Waals surface area (Å²) < 4.78 is 24.5. The van der Waals surface area contributed by atoms with Gasteiger partial charge < -0.3 is 18.9 Å². The van der Waals surface area contributed by atoms with E-state index in [9.17, 15) is 9.59 Å². The zero-order chi connectivity index (χ0) is 31.1. The van der Waals surface area contributed by atoms with Crippen molar-refractivity contribution in [1.29, 1.82) is 0 Å². The fourth-order valence-corrected chi connectivity index (χ4v) is 6.13. The lowest BCUT2D eigenvalue weighted by molar-refractivity contribution is -0.140. The monoisotopic (exact) mass is 612 g/mol. The Labute approximate surface area is 260 Å². The van der Waals surface area contributed by atoms with Crippen molar-refractivity contribution >= 4 is 23.4 Å². The second kappa shape index (κ2) is 14.2. The van der Waals surface area contributed by atoms with Gasteiger partial charge in [-0.15, -0.1) is 0 Å². The molecule has 1 unspecified atom stereocenters. The summed E-state index contributed by atoms with van der Waals surface area (Å²) in [6, 6.07) is 21.8. The largest absolute Gasteiger partial charge is 0.494 e. The molecule has 1 aromatic heterocycles. The molecule has 228 valence electrons. The third-order valence-electron chi connectivity index (χ3n) is 7.37. The number of rotatable bonds is 12. The lowest BCUT2D eigenvalue weighted by atomic mass is 9.96. The molecule has 0 spiro atoms. The first-order valence-electron chi connectivity index (χ1n) is 14.6. The van der Waals surface area contributed by atoms with E-state index in [0.29, 0.717) is 38.7 Å². The van der Waals surface area contributed by atoms with Gasteiger partial charge in [0.15, 0.2) is 16.3 Å². The first-order chi connectivity index (χ1) is 21.4. The summed E-state index contributed by atoms with van der Waals surface area (Å²) in [5.41, 5.74) is 2.97. The molecule has 1 atom stereocenters. The first kappa shape index (κ1) is 30.8. The molecule has 5 rings (SSSR count). The first-order valence-corrected chi connectivity index (χ1v) is 15.4. The van der Waals surface area contributed by atoms with Crippen LogP contribution in [0.15, 0.2) is 93.9 Å². The summed E-state index contributed by atoms with van der Waals surface area (Å²) in [6.45, 7) is 4.68. The Hall–Kier alpha value is -4.63. The van der Waals surface area contributed by atoms with E-state index >= 15 is 0 Å². The van der Waals surface area contributed by atoms with Gasteiger partial charge in [0.2, 0.25) is 0 Å². The number of nitrogens with zero attached hydrogens (tertiary/aromatic N) is 2. The van der Waals surface area contributed by atoms with Gasteiger partial charge in [-0.2, -0.15) is 0 Å². The van der Waals surface area contributed by atoms with Crippen molar-refractivity contribution in [2.45, 2.75) is 45.8 Å². The molecule has 0 aliphatic carbocycles. The van der Waals surface area contributed by atoms with Crippen molar-refractivity contribution in [2.75, 3.05) is 20.8 Å². The van der Waals surface area contributed by atoms with Gasteiger partial charge >= 0.3 is 5.97 Å². The summed E-state index contributed by atoms with van der Waals surface area (Å²) >= 11 is 1.27. The number of hydrogen-bond donors (Lipinski definition) is 0. The van der Waals surface area contributed by atoms with Crippen molar-refractivity contribution < 1.29 is 23.7 Å². The van der Waals surface area contributed by atoms with Gasteiger partial charge in [0, 0.05) is 0 Å². The second-order valence-corrected chi connectivity index (χ2v) is 11.4. The highest BCUT2D eigenvalue weighted by Crippen LogP contribution is 2.32. The Morgan fingerprint density at radius 3 is 2.43 bits per heavy atom. The maximum absolute atomic E-state index is 14.0. The Morgan fingerprint density at radius 2 is 1.73 bits per heavy atom. The third-order valence-corrected chi connectivity index (χ3v) is 8.36. The van der Waals surface area contributed by atoms with E-state index in [1.807, 2.05) is 66.7 Å². The average Bonchev–Trinajstić information content (AvgIpc) is 3.35. The van der Waals surface area contributed by atoms with E-state index in [1.165, 1.54) is 11.3 Å². The maximum Gasteiger partial charge on any atom is 0.338 e. The van der Waals surface area contributed by atoms with Gasteiger partial charge in [-0.25, -0.2) is 9.79 Å². The summed E-state index contributed by atoms with van der Waals surface area (Å²) in [5.74, 6) is 1.37. The van der Waals surface area contributed by atoms with Gasteiger partial charge in [-0.1, -0.05) is 79.6 Å². The van der Waals surface area contributed by atoms with Crippen LogP contribution >= 0.6 is 11.3 Å².